The predicted molar refractivity (Wildman–Crippen MR) is 120 cm³/mol. The Morgan fingerprint density at radius 3 is 2.69 bits per heavy atom. The highest BCUT2D eigenvalue weighted by Gasteiger charge is 2.31. The van der Waals surface area contributed by atoms with Gasteiger partial charge in [-0.1, -0.05) is 53.7 Å². The molecule has 3 heterocycles. The number of fused-ring (bicyclic) bond motifs is 1. The van der Waals surface area contributed by atoms with Crippen LogP contribution in [0.4, 0.5) is 4.39 Å². The lowest BCUT2D eigenvalue weighted by molar-refractivity contribution is -0.133. The zero-order valence-corrected chi connectivity index (χ0v) is 17.9. The monoisotopic (exact) mass is 429 g/mol. The van der Waals surface area contributed by atoms with Gasteiger partial charge < -0.3 is 4.90 Å². The summed E-state index contributed by atoms with van der Waals surface area (Å²) in [5, 5.41) is 8.78. The van der Waals surface area contributed by atoms with Crippen molar-refractivity contribution in [3.8, 4) is 11.1 Å². The molecule has 0 N–H and O–H groups in total. The molecule has 1 unspecified atom stereocenters. The molecule has 0 bridgehead atoms. The van der Waals surface area contributed by atoms with Gasteiger partial charge in [0, 0.05) is 31.4 Å². The third-order valence-corrected chi connectivity index (χ3v) is 6.11. The molecule has 162 valence electrons. The van der Waals surface area contributed by atoms with Crippen molar-refractivity contribution in [1.82, 2.24) is 24.6 Å². The number of pyridine rings is 1. The molecule has 1 amide bonds. The summed E-state index contributed by atoms with van der Waals surface area (Å²) in [7, 11) is 2.05. The summed E-state index contributed by atoms with van der Waals surface area (Å²) < 4.78 is 15.4. The second-order valence-electron chi connectivity index (χ2n) is 8.23. The van der Waals surface area contributed by atoms with Crippen molar-refractivity contribution in [2.75, 3.05) is 26.7 Å². The molecule has 1 atom stereocenters. The second-order valence-corrected chi connectivity index (χ2v) is 8.23. The first-order valence-electron chi connectivity index (χ1n) is 10.7. The van der Waals surface area contributed by atoms with Gasteiger partial charge in [-0.3, -0.25) is 9.69 Å². The Morgan fingerprint density at radius 2 is 1.88 bits per heavy atom. The average Bonchev–Trinajstić information content (AvgIpc) is 3.23. The second kappa shape index (κ2) is 8.51. The number of carbonyl (C=O) groups excluding carboxylic acids is 1. The Hall–Kier alpha value is -3.58. The maximum absolute atomic E-state index is 13.6. The van der Waals surface area contributed by atoms with Crippen molar-refractivity contribution >= 4 is 11.4 Å². The maximum Gasteiger partial charge on any atom is 0.227 e. The Bertz CT molecular complexity index is 1260. The van der Waals surface area contributed by atoms with E-state index in [0.717, 1.165) is 34.4 Å². The molecule has 4 aromatic rings. The Labute approximate surface area is 185 Å². The molecule has 1 aliphatic heterocycles. The first kappa shape index (κ1) is 20.3. The molecule has 6 nitrogen and oxygen atoms in total. The molecular formula is C25H24FN5O. The summed E-state index contributed by atoms with van der Waals surface area (Å²) in [5.74, 6) is -0.148. The van der Waals surface area contributed by atoms with Gasteiger partial charge in [-0.05, 0) is 36.4 Å². The highest BCUT2D eigenvalue weighted by atomic mass is 19.1. The topological polar surface area (TPSA) is 53.7 Å². The fourth-order valence-electron chi connectivity index (χ4n) is 4.27. The zero-order valence-electron chi connectivity index (χ0n) is 17.9. The number of hydrogen-bond acceptors (Lipinski definition) is 4. The summed E-state index contributed by atoms with van der Waals surface area (Å²) in [6, 6.07) is 20.2. The lowest BCUT2D eigenvalue weighted by atomic mass is 10.0. The van der Waals surface area contributed by atoms with Crippen molar-refractivity contribution in [3.63, 3.8) is 0 Å². The van der Waals surface area contributed by atoms with E-state index < -0.39 is 0 Å². The van der Waals surface area contributed by atoms with Crippen LogP contribution >= 0.6 is 0 Å². The molecule has 0 aliphatic carbocycles. The van der Waals surface area contributed by atoms with Crippen LogP contribution in [-0.2, 0) is 11.2 Å². The normalized spacial score (nSPS) is 17.1. The van der Waals surface area contributed by atoms with Crippen molar-refractivity contribution in [1.29, 1.82) is 0 Å². The van der Waals surface area contributed by atoms with Gasteiger partial charge >= 0.3 is 0 Å². The lowest BCUT2D eigenvalue weighted by Gasteiger charge is -2.38. The number of carbonyl (C=O) groups is 1. The van der Waals surface area contributed by atoms with E-state index in [2.05, 4.69) is 22.3 Å². The zero-order chi connectivity index (χ0) is 22.1. The highest BCUT2D eigenvalue weighted by Crippen LogP contribution is 2.28. The van der Waals surface area contributed by atoms with Crippen LogP contribution in [0.5, 0.6) is 0 Å². The summed E-state index contributed by atoms with van der Waals surface area (Å²) in [5.41, 5.74) is 4.41. The Morgan fingerprint density at radius 1 is 1.03 bits per heavy atom. The van der Waals surface area contributed by atoms with E-state index in [1.54, 1.807) is 10.6 Å². The van der Waals surface area contributed by atoms with E-state index in [9.17, 15) is 9.18 Å². The molecule has 1 fully saturated rings. The number of amides is 1. The van der Waals surface area contributed by atoms with Crippen LogP contribution < -0.4 is 0 Å². The number of nitrogens with zero attached hydrogens (tertiary/aromatic N) is 5. The molecule has 2 aromatic heterocycles. The third kappa shape index (κ3) is 3.99. The Kier molecular flexibility index (Phi) is 5.41. The number of rotatable bonds is 4. The first-order valence-corrected chi connectivity index (χ1v) is 10.7. The number of halogens is 1. The fraction of sp³-hybridized carbons (Fsp3) is 0.240. The van der Waals surface area contributed by atoms with E-state index in [0.29, 0.717) is 19.5 Å². The van der Waals surface area contributed by atoms with E-state index in [4.69, 9.17) is 0 Å². The van der Waals surface area contributed by atoms with Gasteiger partial charge in [0.2, 0.25) is 5.91 Å². The summed E-state index contributed by atoms with van der Waals surface area (Å²) in [6.07, 6.45) is 2.26. The summed E-state index contributed by atoms with van der Waals surface area (Å²) >= 11 is 0. The number of piperazine rings is 1. The third-order valence-electron chi connectivity index (χ3n) is 6.11. The average molecular weight is 429 g/mol. The number of likely N-dealkylation sites (N-methyl/N-ethyl adjacent to an activating group) is 1. The van der Waals surface area contributed by atoms with Crippen LogP contribution in [-0.4, -0.2) is 57.2 Å². The van der Waals surface area contributed by atoms with Crippen molar-refractivity contribution in [3.05, 3.63) is 90.0 Å². The molecule has 0 radical (unpaired) electrons. The minimum atomic E-state index is -0.272. The smallest absolute Gasteiger partial charge is 0.227 e. The van der Waals surface area contributed by atoms with Gasteiger partial charge in [0.15, 0.2) is 0 Å². The molecule has 5 rings (SSSR count). The van der Waals surface area contributed by atoms with Crippen molar-refractivity contribution in [2.24, 2.45) is 0 Å². The number of aromatic nitrogens is 3. The van der Waals surface area contributed by atoms with Crippen LogP contribution in [0.15, 0.2) is 72.9 Å². The SMILES string of the molecule is CN1CCN(C(=O)Cc2ccccc2)CC1c1nnn2cc(-c3cccc(F)c3)ccc12. The van der Waals surface area contributed by atoms with E-state index >= 15 is 0 Å². The van der Waals surface area contributed by atoms with Crippen LogP contribution in [0.25, 0.3) is 16.6 Å². The summed E-state index contributed by atoms with van der Waals surface area (Å²) in [4.78, 5) is 17.1. The van der Waals surface area contributed by atoms with Gasteiger partial charge in [-0.2, -0.15) is 0 Å². The molecule has 1 aliphatic rings. The number of hydrogen-bond donors (Lipinski definition) is 0. The number of benzene rings is 2. The lowest BCUT2D eigenvalue weighted by Crippen LogP contribution is -2.49. The van der Waals surface area contributed by atoms with E-state index in [1.165, 1.54) is 12.1 Å². The fourth-order valence-corrected chi connectivity index (χ4v) is 4.27. The quantitative estimate of drug-likeness (QED) is 0.498. The molecule has 2 aromatic carbocycles. The van der Waals surface area contributed by atoms with Gasteiger partial charge in [0.05, 0.1) is 18.0 Å². The minimum Gasteiger partial charge on any atom is -0.339 e. The minimum absolute atomic E-state index is 0.0407. The highest BCUT2D eigenvalue weighted by molar-refractivity contribution is 5.79. The predicted octanol–water partition coefficient (Wildman–Crippen LogP) is 3.59. The molecular weight excluding hydrogens is 405 g/mol. The van der Waals surface area contributed by atoms with Crippen LogP contribution in [0.1, 0.15) is 17.3 Å². The molecule has 7 heteroatoms. The molecule has 1 saturated heterocycles. The standard InChI is InChI=1S/C25H24FN5O/c1-29-12-13-30(24(32)14-18-6-3-2-4-7-18)17-23(29)25-22-11-10-20(16-31(22)28-27-25)19-8-5-9-21(26)15-19/h2-11,15-16,23H,12-14,17H2,1H3. The van der Waals surface area contributed by atoms with Crippen LogP contribution in [0.2, 0.25) is 0 Å². The van der Waals surface area contributed by atoms with Crippen molar-refractivity contribution in [2.45, 2.75) is 12.5 Å². The van der Waals surface area contributed by atoms with Gasteiger partial charge in [-0.15, -0.1) is 5.10 Å². The van der Waals surface area contributed by atoms with E-state index in [1.807, 2.05) is 59.6 Å². The summed E-state index contributed by atoms with van der Waals surface area (Å²) in [6.45, 7) is 2.04. The molecule has 0 spiro atoms. The van der Waals surface area contributed by atoms with Crippen molar-refractivity contribution < 1.29 is 9.18 Å². The largest absolute Gasteiger partial charge is 0.339 e. The van der Waals surface area contributed by atoms with Gasteiger partial charge in [0.1, 0.15) is 11.5 Å². The van der Waals surface area contributed by atoms with Gasteiger partial charge in [0.25, 0.3) is 0 Å². The van der Waals surface area contributed by atoms with Crippen LogP contribution in [0.3, 0.4) is 0 Å². The van der Waals surface area contributed by atoms with E-state index in [-0.39, 0.29) is 17.8 Å². The van der Waals surface area contributed by atoms with Crippen LogP contribution in [0, 0.1) is 5.82 Å². The molecule has 32 heavy (non-hydrogen) atoms. The first-order chi connectivity index (χ1) is 15.6. The molecule has 0 saturated carbocycles. The Balaban J connectivity index is 1.39. The van der Waals surface area contributed by atoms with Gasteiger partial charge in [-0.25, -0.2) is 8.91 Å². The maximum atomic E-state index is 13.6.